The van der Waals surface area contributed by atoms with Gasteiger partial charge in [-0.3, -0.25) is 9.59 Å². The quantitative estimate of drug-likeness (QED) is 0.696. The molecule has 1 aromatic heterocycles. The third-order valence-corrected chi connectivity index (χ3v) is 3.97. The molecule has 0 saturated heterocycles. The molecule has 3 rings (SSSR count). The second-order valence-corrected chi connectivity index (χ2v) is 6.60. The summed E-state index contributed by atoms with van der Waals surface area (Å²) in [7, 11) is 0. The van der Waals surface area contributed by atoms with E-state index in [9.17, 15) is 18.4 Å². The van der Waals surface area contributed by atoms with Gasteiger partial charge in [0.2, 0.25) is 0 Å². The summed E-state index contributed by atoms with van der Waals surface area (Å²) in [6.07, 6.45) is 0. The molecule has 0 aliphatic heterocycles. The Labute approximate surface area is 159 Å². The van der Waals surface area contributed by atoms with Gasteiger partial charge in [-0.2, -0.15) is 13.9 Å². The molecule has 0 radical (unpaired) electrons. The first-order chi connectivity index (χ1) is 13.4. The van der Waals surface area contributed by atoms with Crippen LogP contribution in [0.25, 0.3) is 10.8 Å². The van der Waals surface area contributed by atoms with E-state index in [1.807, 2.05) is 13.8 Å². The Morgan fingerprint density at radius 1 is 1.11 bits per heavy atom. The van der Waals surface area contributed by atoms with Gasteiger partial charge in [0.1, 0.15) is 5.75 Å². The van der Waals surface area contributed by atoms with Crippen molar-refractivity contribution in [2.24, 2.45) is 5.92 Å². The van der Waals surface area contributed by atoms with Gasteiger partial charge in [-0.05, 0) is 24.1 Å². The lowest BCUT2D eigenvalue weighted by Gasteiger charge is -2.14. The number of hydrogen-bond donors (Lipinski definition) is 1. The summed E-state index contributed by atoms with van der Waals surface area (Å²) in [5, 5.41) is 7.53. The molecule has 0 unspecified atom stereocenters. The smallest absolute Gasteiger partial charge is 0.387 e. The van der Waals surface area contributed by atoms with Gasteiger partial charge in [0.25, 0.3) is 11.5 Å². The second kappa shape index (κ2) is 8.16. The Morgan fingerprint density at radius 2 is 1.75 bits per heavy atom. The van der Waals surface area contributed by atoms with E-state index in [-0.39, 0.29) is 28.6 Å². The van der Waals surface area contributed by atoms with Crippen molar-refractivity contribution < 1.29 is 18.3 Å². The lowest BCUT2D eigenvalue weighted by atomic mass is 10.1. The van der Waals surface area contributed by atoms with Crippen molar-refractivity contribution in [2.45, 2.75) is 27.0 Å². The van der Waals surface area contributed by atoms with E-state index in [4.69, 9.17) is 0 Å². The summed E-state index contributed by atoms with van der Waals surface area (Å²) in [5.41, 5.74) is -0.176. The topological polar surface area (TPSA) is 73.2 Å². The number of carbonyl (C=O) groups is 1. The molecule has 0 fully saturated rings. The van der Waals surface area contributed by atoms with Crippen LogP contribution in [0.3, 0.4) is 0 Å². The first-order valence-electron chi connectivity index (χ1n) is 8.72. The number of carbonyl (C=O) groups excluding carboxylic acids is 1. The third-order valence-electron chi connectivity index (χ3n) is 3.97. The number of benzene rings is 2. The van der Waals surface area contributed by atoms with Crippen molar-refractivity contribution in [3.05, 3.63) is 64.6 Å². The fraction of sp³-hybridized carbons (Fsp3) is 0.250. The molecule has 0 atom stereocenters. The summed E-state index contributed by atoms with van der Waals surface area (Å²) in [6, 6.07) is 12.5. The van der Waals surface area contributed by atoms with Gasteiger partial charge in [0, 0.05) is 11.9 Å². The molecule has 3 aromatic rings. The largest absolute Gasteiger partial charge is 0.433 e. The summed E-state index contributed by atoms with van der Waals surface area (Å²) >= 11 is 0. The summed E-state index contributed by atoms with van der Waals surface area (Å²) in [6.45, 7) is 1.18. The highest BCUT2D eigenvalue weighted by Gasteiger charge is 2.19. The zero-order chi connectivity index (χ0) is 20.3. The molecule has 0 aliphatic carbocycles. The van der Waals surface area contributed by atoms with E-state index in [0.717, 1.165) is 0 Å². The molecule has 1 heterocycles. The number of halogens is 2. The maximum Gasteiger partial charge on any atom is 0.387 e. The molecule has 6 nitrogen and oxygen atoms in total. The number of hydrogen-bond acceptors (Lipinski definition) is 4. The van der Waals surface area contributed by atoms with E-state index < -0.39 is 12.5 Å². The monoisotopic (exact) mass is 387 g/mol. The second-order valence-electron chi connectivity index (χ2n) is 6.60. The maximum atomic E-state index is 12.9. The highest BCUT2D eigenvalue weighted by Crippen LogP contribution is 2.26. The minimum absolute atomic E-state index is 0.0303. The molecule has 2 aromatic carbocycles. The van der Waals surface area contributed by atoms with E-state index >= 15 is 0 Å². The number of anilines is 1. The van der Waals surface area contributed by atoms with Crippen LogP contribution in [0.15, 0.2) is 53.3 Å². The molecule has 0 aliphatic rings. The lowest BCUT2D eigenvalue weighted by Crippen LogP contribution is -2.29. The summed E-state index contributed by atoms with van der Waals surface area (Å²) < 4.78 is 30.9. The highest BCUT2D eigenvalue weighted by molar-refractivity contribution is 6.11. The standard InChI is InChI=1S/C20H19F2N3O3/c1-12(2)11-25-19(27)14-8-4-3-7-13(14)17(24-25)18(26)23-15-9-5-6-10-16(15)28-20(21)22/h3-10,12,20H,11H2,1-2H3,(H,23,26). The van der Waals surface area contributed by atoms with Crippen LogP contribution in [0.5, 0.6) is 5.75 Å². The van der Waals surface area contributed by atoms with Crippen molar-refractivity contribution in [1.82, 2.24) is 9.78 Å². The Morgan fingerprint density at radius 3 is 2.43 bits per heavy atom. The first kappa shape index (κ1) is 19.5. The number of para-hydroxylation sites is 2. The van der Waals surface area contributed by atoms with Gasteiger partial charge in [0.05, 0.1) is 11.1 Å². The van der Waals surface area contributed by atoms with E-state index in [0.29, 0.717) is 17.3 Å². The number of aromatic nitrogens is 2. The summed E-state index contributed by atoms with van der Waals surface area (Å²) in [5.74, 6) is -0.646. The number of ether oxygens (including phenoxy) is 1. The fourth-order valence-electron chi connectivity index (χ4n) is 2.82. The minimum atomic E-state index is -3.02. The Hall–Kier alpha value is -3.29. The van der Waals surface area contributed by atoms with Crippen molar-refractivity contribution in [3.63, 3.8) is 0 Å². The van der Waals surface area contributed by atoms with Crippen molar-refractivity contribution in [1.29, 1.82) is 0 Å². The van der Waals surface area contributed by atoms with Crippen LogP contribution < -0.4 is 15.6 Å². The van der Waals surface area contributed by atoms with Crippen LogP contribution in [0.4, 0.5) is 14.5 Å². The number of rotatable bonds is 6. The molecule has 28 heavy (non-hydrogen) atoms. The van der Waals surface area contributed by atoms with Crippen LogP contribution >= 0.6 is 0 Å². The van der Waals surface area contributed by atoms with Gasteiger partial charge in [-0.1, -0.05) is 44.2 Å². The molecule has 0 saturated carbocycles. The summed E-state index contributed by atoms with van der Waals surface area (Å²) in [4.78, 5) is 25.5. The van der Waals surface area contributed by atoms with Gasteiger partial charge >= 0.3 is 6.61 Å². The third kappa shape index (κ3) is 4.16. The fourth-order valence-corrected chi connectivity index (χ4v) is 2.82. The van der Waals surface area contributed by atoms with Crippen LogP contribution in [0, 0.1) is 5.92 Å². The molecule has 146 valence electrons. The average Bonchev–Trinajstić information content (AvgIpc) is 2.65. The molecular formula is C20H19F2N3O3. The van der Waals surface area contributed by atoms with Crippen molar-refractivity contribution >= 4 is 22.4 Å². The number of fused-ring (bicyclic) bond motifs is 1. The Kier molecular flexibility index (Phi) is 5.67. The number of nitrogens with zero attached hydrogens (tertiary/aromatic N) is 2. The lowest BCUT2D eigenvalue weighted by molar-refractivity contribution is -0.0493. The molecule has 0 bridgehead atoms. The molecule has 1 N–H and O–H groups in total. The zero-order valence-electron chi connectivity index (χ0n) is 15.4. The van der Waals surface area contributed by atoms with Crippen LogP contribution in [0.1, 0.15) is 24.3 Å². The van der Waals surface area contributed by atoms with Gasteiger partial charge in [-0.15, -0.1) is 0 Å². The zero-order valence-corrected chi connectivity index (χ0v) is 15.4. The van der Waals surface area contributed by atoms with Crippen LogP contribution in [-0.2, 0) is 6.54 Å². The Balaban J connectivity index is 2.05. The maximum absolute atomic E-state index is 12.9. The van der Waals surface area contributed by atoms with Crippen molar-refractivity contribution in [3.8, 4) is 5.75 Å². The molecule has 1 amide bonds. The number of amides is 1. The van der Waals surface area contributed by atoms with E-state index in [1.54, 1.807) is 30.3 Å². The van der Waals surface area contributed by atoms with Crippen molar-refractivity contribution in [2.75, 3.05) is 5.32 Å². The van der Waals surface area contributed by atoms with Gasteiger partial charge in [0.15, 0.2) is 5.69 Å². The average molecular weight is 387 g/mol. The molecule has 8 heteroatoms. The SMILES string of the molecule is CC(C)Cn1nc(C(=O)Nc2ccccc2OC(F)F)c2ccccc2c1=O. The van der Waals surface area contributed by atoms with Crippen LogP contribution in [-0.4, -0.2) is 22.3 Å². The number of nitrogens with one attached hydrogen (secondary N) is 1. The van der Waals surface area contributed by atoms with E-state index in [1.165, 1.54) is 22.9 Å². The Bertz CT molecular complexity index is 1060. The predicted molar refractivity (Wildman–Crippen MR) is 102 cm³/mol. The molecule has 0 spiro atoms. The molecular weight excluding hydrogens is 368 g/mol. The van der Waals surface area contributed by atoms with Gasteiger partial charge < -0.3 is 10.1 Å². The number of alkyl halides is 2. The minimum Gasteiger partial charge on any atom is -0.433 e. The highest BCUT2D eigenvalue weighted by atomic mass is 19.3. The van der Waals surface area contributed by atoms with Gasteiger partial charge in [-0.25, -0.2) is 4.68 Å². The predicted octanol–water partition coefficient (Wildman–Crippen LogP) is 3.91. The normalized spacial score (nSPS) is 11.2. The first-order valence-corrected chi connectivity index (χ1v) is 8.72. The van der Waals surface area contributed by atoms with E-state index in [2.05, 4.69) is 15.2 Å². The van der Waals surface area contributed by atoms with Crippen LogP contribution in [0.2, 0.25) is 0 Å².